The summed E-state index contributed by atoms with van der Waals surface area (Å²) < 4.78 is 14.6. The fourth-order valence-corrected chi connectivity index (χ4v) is 2.48. The second-order valence-corrected chi connectivity index (χ2v) is 4.63. The average Bonchev–Trinajstić information content (AvgIpc) is 2.20. The summed E-state index contributed by atoms with van der Waals surface area (Å²) in [6, 6.07) is 12.9. The van der Waals surface area contributed by atoms with Crippen molar-refractivity contribution >= 4 is 22.6 Å². The Morgan fingerprint density at radius 1 is 1.00 bits per heavy atom. The van der Waals surface area contributed by atoms with E-state index in [4.69, 9.17) is 0 Å². The molecule has 0 radical (unpaired) electrons. The van der Waals surface area contributed by atoms with Gasteiger partial charge in [-0.25, -0.2) is 4.39 Å². The van der Waals surface area contributed by atoms with Gasteiger partial charge in [0.25, 0.3) is 0 Å². The molecule has 0 aliphatic heterocycles. The molecular formula is C13H10FI. The van der Waals surface area contributed by atoms with E-state index < -0.39 is 0 Å². The summed E-state index contributed by atoms with van der Waals surface area (Å²) in [6.07, 6.45) is 0. The fourth-order valence-electron chi connectivity index (χ4n) is 1.52. The van der Waals surface area contributed by atoms with Crippen LogP contribution in [0.25, 0.3) is 11.1 Å². The van der Waals surface area contributed by atoms with Crippen molar-refractivity contribution in [3.05, 3.63) is 57.4 Å². The number of hydrogen-bond donors (Lipinski definition) is 0. The van der Waals surface area contributed by atoms with E-state index >= 15 is 0 Å². The maximum absolute atomic E-state index is 13.6. The van der Waals surface area contributed by atoms with Gasteiger partial charge in [0.1, 0.15) is 5.82 Å². The van der Waals surface area contributed by atoms with E-state index in [1.165, 1.54) is 11.6 Å². The number of hydrogen-bond acceptors (Lipinski definition) is 0. The van der Waals surface area contributed by atoms with Crippen LogP contribution in [-0.4, -0.2) is 0 Å². The van der Waals surface area contributed by atoms with E-state index in [0.29, 0.717) is 5.56 Å². The van der Waals surface area contributed by atoms with Crippen LogP contribution in [0.1, 0.15) is 5.56 Å². The molecule has 2 aromatic carbocycles. The molecule has 15 heavy (non-hydrogen) atoms. The van der Waals surface area contributed by atoms with E-state index in [9.17, 15) is 4.39 Å². The van der Waals surface area contributed by atoms with Gasteiger partial charge in [-0.05, 0) is 47.2 Å². The number of aryl methyl sites for hydroxylation is 1. The van der Waals surface area contributed by atoms with Crippen LogP contribution in [0, 0.1) is 16.3 Å². The lowest BCUT2D eigenvalue weighted by molar-refractivity contribution is 0.631. The van der Waals surface area contributed by atoms with Gasteiger partial charge >= 0.3 is 0 Å². The Balaban J connectivity index is 2.60. The highest BCUT2D eigenvalue weighted by Gasteiger charge is 2.07. The molecule has 0 unspecified atom stereocenters. The molecule has 0 atom stereocenters. The van der Waals surface area contributed by atoms with E-state index in [2.05, 4.69) is 28.7 Å². The quantitative estimate of drug-likeness (QED) is 0.685. The Kier molecular flexibility index (Phi) is 3.05. The molecule has 0 bridgehead atoms. The summed E-state index contributed by atoms with van der Waals surface area (Å²) >= 11 is 2.24. The highest BCUT2D eigenvalue weighted by molar-refractivity contribution is 14.1. The normalized spacial score (nSPS) is 10.3. The second-order valence-electron chi connectivity index (χ2n) is 3.46. The molecule has 76 valence electrons. The van der Waals surface area contributed by atoms with Crippen LogP contribution in [-0.2, 0) is 0 Å². The zero-order valence-electron chi connectivity index (χ0n) is 8.30. The summed E-state index contributed by atoms with van der Waals surface area (Å²) in [5.41, 5.74) is 2.82. The number of halogens is 2. The second kappa shape index (κ2) is 4.31. The van der Waals surface area contributed by atoms with Crippen LogP contribution in [0.5, 0.6) is 0 Å². The largest absolute Gasteiger partial charge is 0.206 e. The van der Waals surface area contributed by atoms with Crippen molar-refractivity contribution in [2.24, 2.45) is 0 Å². The first-order chi connectivity index (χ1) is 7.18. The summed E-state index contributed by atoms with van der Waals surface area (Å²) in [5, 5.41) is 0. The van der Waals surface area contributed by atoms with Gasteiger partial charge in [-0.15, -0.1) is 0 Å². The van der Waals surface area contributed by atoms with E-state index in [1.807, 2.05) is 31.2 Å². The molecule has 2 heteroatoms. The van der Waals surface area contributed by atoms with Gasteiger partial charge in [0.2, 0.25) is 0 Å². The minimum absolute atomic E-state index is 0.167. The third-order valence-corrected chi connectivity index (χ3v) is 3.18. The summed E-state index contributed by atoms with van der Waals surface area (Å²) in [4.78, 5) is 0. The Labute approximate surface area is 102 Å². The smallest absolute Gasteiger partial charge is 0.131 e. The van der Waals surface area contributed by atoms with Gasteiger partial charge in [0.15, 0.2) is 0 Å². The van der Waals surface area contributed by atoms with Crippen molar-refractivity contribution in [3.8, 4) is 11.1 Å². The minimum Gasteiger partial charge on any atom is -0.206 e. The molecule has 0 N–H and O–H groups in total. The van der Waals surface area contributed by atoms with Crippen LogP contribution in [0.3, 0.4) is 0 Å². The van der Waals surface area contributed by atoms with Gasteiger partial charge in [-0.2, -0.15) is 0 Å². The SMILES string of the molecule is Cc1ccc(-c2ccccc2F)c(I)c1. The molecule has 0 aromatic heterocycles. The molecule has 0 heterocycles. The topological polar surface area (TPSA) is 0 Å². The lowest BCUT2D eigenvalue weighted by Gasteiger charge is -2.06. The van der Waals surface area contributed by atoms with Crippen molar-refractivity contribution in [3.63, 3.8) is 0 Å². The van der Waals surface area contributed by atoms with Gasteiger partial charge in [0.05, 0.1) is 0 Å². The van der Waals surface area contributed by atoms with Crippen LogP contribution in [0.15, 0.2) is 42.5 Å². The molecule has 0 spiro atoms. The standard InChI is InChI=1S/C13H10FI/c1-9-6-7-11(13(15)8-9)10-4-2-3-5-12(10)14/h2-8H,1H3. The third-order valence-electron chi connectivity index (χ3n) is 2.29. The van der Waals surface area contributed by atoms with Crippen molar-refractivity contribution in [1.29, 1.82) is 0 Å². The Morgan fingerprint density at radius 2 is 1.73 bits per heavy atom. The number of rotatable bonds is 1. The number of benzene rings is 2. The molecule has 0 saturated carbocycles. The molecule has 0 saturated heterocycles. The zero-order valence-corrected chi connectivity index (χ0v) is 10.5. The fraction of sp³-hybridized carbons (Fsp3) is 0.0769. The highest BCUT2D eigenvalue weighted by Crippen LogP contribution is 2.27. The van der Waals surface area contributed by atoms with Crippen LogP contribution >= 0.6 is 22.6 Å². The van der Waals surface area contributed by atoms with Crippen molar-refractivity contribution in [2.45, 2.75) is 6.92 Å². The van der Waals surface area contributed by atoms with Crippen molar-refractivity contribution < 1.29 is 4.39 Å². The molecule has 0 aliphatic rings. The minimum atomic E-state index is -0.167. The van der Waals surface area contributed by atoms with Crippen LogP contribution < -0.4 is 0 Å². The van der Waals surface area contributed by atoms with Gasteiger partial charge in [-0.3, -0.25) is 0 Å². The zero-order chi connectivity index (χ0) is 10.8. The van der Waals surface area contributed by atoms with E-state index in [0.717, 1.165) is 9.13 Å². The Hall–Kier alpha value is -0.900. The summed E-state index contributed by atoms with van der Waals surface area (Å²) in [6.45, 7) is 2.04. The average molecular weight is 312 g/mol. The molecule has 0 fully saturated rings. The van der Waals surface area contributed by atoms with Crippen molar-refractivity contribution in [2.75, 3.05) is 0 Å². The molecular weight excluding hydrogens is 302 g/mol. The van der Waals surface area contributed by atoms with Gasteiger partial charge < -0.3 is 0 Å². The predicted octanol–water partition coefficient (Wildman–Crippen LogP) is 4.41. The first kappa shape index (κ1) is 10.6. The van der Waals surface area contributed by atoms with E-state index in [1.54, 1.807) is 6.07 Å². The monoisotopic (exact) mass is 312 g/mol. The molecule has 0 aliphatic carbocycles. The third kappa shape index (κ3) is 2.20. The maximum Gasteiger partial charge on any atom is 0.131 e. The summed E-state index contributed by atoms with van der Waals surface area (Å²) in [5.74, 6) is -0.167. The lowest BCUT2D eigenvalue weighted by Crippen LogP contribution is -1.87. The van der Waals surface area contributed by atoms with E-state index in [-0.39, 0.29) is 5.82 Å². The highest BCUT2D eigenvalue weighted by atomic mass is 127. The first-order valence-electron chi connectivity index (χ1n) is 4.69. The summed E-state index contributed by atoms with van der Waals surface area (Å²) in [7, 11) is 0. The van der Waals surface area contributed by atoms with Gasteiger partial charge in [-0.1, -0.05) is 35.9 Å². The first-order valence-corrected chi connectivity index (χ1v) is 5.77. The van der Waals surface area contributed by atoms with Gasteiger partial charge in [0, 0.05) is 9.13 Å². The maximum atomic E-state index is 13.6. The predicted molar refractivity (Wildman–Crippen MR) is 69.3 cm³/mol. The molecule has 2 rings (SSSR count). The van der Waals surface area contributed by atoms with Crippen molar-refractivity contribution in [1.82, 2.24) is 0 Å². The Morgan fingerprint density at radius 3 is 2.40 bits per heavy atom. The molecule has 0 nitrogen and oxygen atoms in total. The lowest BCUT2D eigenvalue weighted by atomic mass is 10.0. The molecule has 0 amide bonds. The molecule has 2 aromatic rings. The van der Waals surface area contributed by atoms with Crippen LogP contribution in [0.2, 0.25) is 0 Å². The van der Waals surface area contributed by atoms with Crippen LogP contribution in [0.4, 0.5) is 4.39 Å². The Bertz CT molecular complexity index is 492.